The Hall–Kier alpha value is -3.14. The number of fused-ring (bicyclic) bond motifs is 1. The molecule has 0 aliphatic heterocycles. The van der Waals surface area contributed by atoms with Gasteiger partial charge in [-0.1, -0.05) is 48.0 Å². The number of esters is 1. The lowest BCUT2D eigenvalue weighted by Crippen LogP contribution is -2.20. The average Bonchev–Trinajstić information content (AvgIpc) is 2.61. The molecule has 24 heavy (non-hydrogen) atoms. The molecule has 0 heterocycles. The van der Waals surface area contributed by atoms with E-state index in [0.29, 0.717) is 11.3 Å². The van der Waals surface area contributed by atoms with Crippen LogP contribution in [0, 0.1) is 6.92 Å². The van der Waals surface area contributed by atoms with E-state index in [1.165, 1.54) is 0 Å². The quantitative estimate of drug-likeness (QED) is 0.741. The Morgan fingerprint density at radius 3 is 2.38 bits per heavy atom. The van der Waals surface area contributed by atoms with Crippen LogP contribution in [0.5, 0.6) is 0 Å². The molecule has 4 heteroatoms. The fraction of sp³-hybridized carbons (Fsp3) is 0.100. The summed E-state index contributed by atoms with van der Waals surface area (Å²) in [7, 11) is 0. The maximum absolute atomic E-state index is 12.1. The Kier molecular flexibility index (Phi) is 4.57. The van der Waals surface area contributed by atoms with Crippen molar-refractivity contribution in [1.29, 1.82) is 0 Å². The topological polar surface area (TPSA) is 55.4 Å². The van der Waals surface area contributed by atoms with Gasteiger partial charge >= 0.3 is 5.97 Å². The molecule has 0 radical (unpaired) electrons. The van der Waals surface area contributed by atoms with Crippen LogP contribution in [0.4, 0.5) is 5.69 Å². The van der Waals surface area contributed by atoms with Crippen LogP contribution in [0.15, 0.2) is 66.7 Å². The second-order valence-corrected chi connectivity index (χ2v) is 5.55. The summed E-state index contributed by atoms with van der Waals surface area (Å²) in [5.41, 5.74) is 2.21. The third-order valence-corrected chi connectivity index (χ3v) is 3.65. The Labute approximate surface area is 140 Å². The van der Waals surface area contributed by atoms with Gasteiger partial charge in [0.15, 0.2) is 6.61 Å². The van der Waals surface area contributed by atoms with E-state index < -0.39 is 5.97 Å². The van der Waals surface area contributed by atoms with E-state index >= 15 is 0 Å². The lowest BCUT2D eigenvalue weighted by Gasteiger charge is -2.07. The minimum atomic E-state index is -0.514. The van der Waals surface area contributed by atoms with E-state index in [-0.39, 0.29) is 12.5 Å². The Balaban J connectivity index is 1.59. The van der Waals surface area contributed by atoms with Gasteiger partial charge in [-0.15, -0.1) is 0 Å². The maximum atomic E-state index is 12.1. The zero-order chi connectivity index (χ0) is 16.9. The number of benzene rings is 3. The van der Waals surface area contributed by atoms with Crippen LogP contribution in [0.3, 0.4) is 0 Å². The van der Waals surface area contributed by atoms with E-state index in [0.717, 1.165) is 16.3 Å². The Bertz CT molecular complexity index is 885. The lowest BCUT2D eigenvalue weighted by molar-refractivity contribution is -0.119. The van der Waals surface area contributed by atoms with Crippen LogP contribution in [0.1, 0.15) is 15.9 Å². The first-order valence-corrected chi connectivity index (χ1v) is 7.64. The highest BCUT2D eigenvalue weighted by molar-refractivity contribution is 5.98. The third kappa shape index (κ3) is 3.79. The molecule has 0 bridgehead atoms. The van der Waals surface area contributed by atoms with Gasteiger partial charge in [-0.25, -0.2) is 4.79 Å². The Morgan fingerprint density at radius 2 is 1.62 bits per heavy atom. The highest BCUT2D eigenvalue weighted by Gasteiger charge is 2.11. The maximum Gasteiger partial charge on any atom is 0.338 e. The van der Waals surface area contributed by atoms with Gasteiger partial charge in [0.1, 0.15) is 0 Å². The number of carbonyl (C=O) groups excluding carboxylic acids is 2. The molecule has 3 aromatic rings. The number of anilines is 1. The number of rotatable bonds is 4. The molecular formula is C20H17NO3. The van der Waals surface area contributed by atoms with E-state index in [1.54, 1.807) is 24.3 Å². The van der Waals surface area contributed by atoms with Crippen molar-refractivity contribution < 1.29 is 14.3 Å². The molecule has 0 unspecified atom stereocenters. The number of aryl methyl sites for hydroxylation is 1. The lowest BCUT2D eigenvalue weighted by atomic mass is 10.1. The smallest absolute Gasteiger partial charge is 0.338 e. The van der Waals surface area contributed by atoms with Crippen LogP contribution >= 0.6 is 0 Å². The minimum Gasteiger partial charge on any atom is -0.452 e. The molecule has 0 fully saturated rings. The number of amides is 1. The second kappa shape index (κ2) is 6.96. The van der Waals surface area contributed by atoms with Crippen LogP contribution in [-0.4, -0.2) is 18.5 Å². The van der Waals surface area contributed by atoms with Gasteiger partial charge in [0.25, 0.3) is 5.91 Å². The number of hydrogen-bond donors (Lipinski definition) is 1. The van der Waals surface area contributed by atoms with Crippen LogP contribution in [0.2, 0.25) is 0 Å². The summed E-state index contributed by atoms with van der Waals surface area (Å²) in [6.07, 6.45) is 0. The van der Waals surface area contributed by atoms with Crippen molar-refractivity contribution in [2.45, 2.75) is 6.92 Å². The molecule has 0 aliphatic carbocycles. The van der Waals surface area contributed by atoms with E-state index in [9.17, 15) is 9.59 Å². The first-order valence-electron chi connectivity index (χ1n) is 7.64. The van der Waals surface area contributed by atoms with Crippen molar-refractivity contribution in [2.75, 3.05) is 11.9 Å². The highest BCUT2D eigenvalue weighted by atomic mass is 16.5. The molecular weight excluding hydrogens is 302 g/mol. The van der Waals surface area contributed by atoms with Crippen molar-refractivity contribution in [2.24, 2.45) is 0 Å². The summed E-state index contributed by atoms with van der Waals surface area (Å²) in [4.78, 5) is 23.9. The fourth-order valence-electron chi connectivity index (χ4n) is 2.36. The summed E-state index contributed by atoms with van der Waals surface area (Å²) in [5, 5.41) is 4.69. The number of hydrogen-bond acceptors (Lipinski definition) is 3. The molecule has 1 N–H and O–H groups in total. The van der Waals surface area contributed by atoms with Gasteiger partial charge in [0, 0.05) is 5.69 Å². The molecule has 0 saturated heterocycles. The first-order chi connectivity index (χ1) is 11.6. The third-order valence-electron chi connectivity index (χ3n) is 3.65. The van der Waals surface area contributed by atoms with Crippen molar-refractivity contribution in [3.05, 3.63) is 77.9 Å². The predicted octanol–water partition coefficient (Wildman–Crippen LogP) is 3.94. The molecule has 0 saturated carbocycles. The molecule has 0 spiro atoms. The molecule has 1 amide bonds. The molecule has 0 aromatic heterocycles. The summed E-state index contributed by atoms with van der Waals surface area (Å²) in [6.45, 7) is 1.65. The predicted molar refractivity (Wildman–Crippen MR) is 94.0 cm³/mol. The van der Waals surface area contributed by atoms with E-state index in [4.69, 9.17) is 4.74 Å². The first kappa shape index (κ1) is 15.7. The Morgan fingerprint density at radius 1 is 0.917 bits per heavy atom. The van der Waals surface area contributed by atoms with Gasteiger partial charge in [-0.3, -0.25) is 4.79 Å². The summed E-state index contributed by atoms with van der Waals surface area (Å²) < 4.78 is 5.08. The van der Waals surface area contributed by atoms with Crippen molar-refractivity contribution >= 4 is 28.3 Å². The molecule has 120 valence electrons. The number of ether oxygens (including phenoxy) is 1. The van der Waals surface area contributed by atoms with Crippen LogP contribution in [-0.2, 0) is 9.53 Å². The molecule has 0 aliphatic rings. The summed E-state index contributed by atoms with van der Waals surface area (Å²) in [5.74, 6) is -0.882. The standard InChI is InChI=1S/C20H17NO3/c1-14-6-10-18(11-7-14)21-19(22)13-24-20(23)17-9-8-15-4-2-3-5-16(15)12-17/h2-12H,13H2,1H3,(H,21,22). The van der Waals surface area contributed by atoms with Crippen molar-refractivity contribution in [1.82, 2.24) is 0 Å². The second-order valence-electron chi connectivity index (χ2n) is 5.55. The highest BCUT2D eigenvalue weighted by Crippen LogP contribution is 2.16. The van der Waals surface area contributed by atoms with Crippen LogP contribution in [0.25, 0.3) is 10.8 Å². The normalized spacial score (nSPS) is 10.4. The average molecular weight is 319 g/mol. The van der Waals surface area contributed by atoms with Gasteiger partial charge < -0.3 is 10.1 Å². The number of carbonyl (C=O) groups is 2. The molecule has 3 aromatic carbocycles. The SMILES string of the molecule is Cc1ccc(NC(=O)COC(=O)c2ccc3ccccc3c2)cc1. The van der Waals surface area contributed by atoms with E-state index in [1.807, 2.05) is 49.4 Å². The fourth-order valence-corrected chi connectivity index (χ4v) is 2.36. The monoisotopic (exact) mass is 319 g/mol. The zero-order valence-electron chi connectivity index (χ0n) is 13.3. The molecule has 4 nitrogen and oxygen atoms in total. The van der Waals surface area contributed by atoms with Gasteiger partial charge in [0.05, 0.1) is 5.56 Å². The summed E-state index contributed by atoms with van der Waals surface area (Å²) in [6, 6.07) is 20.5. The van der Waals surface area contributed by atoms with Gasteiger partial charge in [-0.05, 0) is 42.0 Å². The zero-order valence-corrected chi connectivity index (χ0v) is 13.3. The molecule has 3 rings (SSSR count). The minimum absolute atomic E-state index is 0.320. The van der Waals surface area contributed by atoms with Crippen molar-refractivity contribution in [3.63, 3.8) is 0 Å². The van der Waals surface area contributed by atoms with E-state index in [2.05, 4.69) is 5.32 Å². The largest absolute Gasteiger partial charge is 0.452 e. The van der Waals surface area contributed by atoms with Crippen LogP contribution < -0.4 is 5.32 Å². The van der Waals surface area contributed by atoms with Gasteiger partial charge in [0.2, 0.25) is 0 Å². The molecule has 0 atom stereocenters. The van der Waals surface area contributed by atoms with Crippen molar-refractivity contribution in [3.8, 4) is 0 Å². The summed E-state index contributed by atoms with van der Waals surface area (Å²) >= 11 is 0. The van der Waals surface area contributed by atoms with Gasteiger partial charge in [-0.2, -0.15) is 0 Å². The number of nitrogens with one attached hydrogen (secondary N) is 1.